The van der Waals surface area contributed by atoms with Crippen molar-refractivity contribution in [2.24, 2.45) is 11.3 Å². The number of nitrogens with one attached hydrogen (secondary N) is 1. The third-order valence-electron chi connectivity index (χ3n) is 4.37. The van der Waals surface area contributed by atoms with Gasteiger partial charge in [0.05, 0.1) is 6.54 Å². The minimum Gasteiger partial charge on any atom is -0.340 e. The molecular formula is C13H22N2O2. The van der Waals surface area contributed by atoms with Gasteiger partial charge in [0.2, 0.25) is 11.8 Å². The normalized spacial score (nSPS) is 35.8. The van der Waals surface area contributed by atoms with Crippen molar-refractivity contribution >= 4 is 11.8 Å². The minimum absolute atomic E-state index is 0.0348. The first-order valence-electron chi connectivity index (χ1n) is 6.39. The van der Waals surface area contributed by atoms with E-state index in [0.717, 1.165) is 13.0 Å². The van der Waals surface area contributed by atoms with Crippen LogP contribution in [0.2, 0.25) is 0 Å². The second-order valence-corrected chi connectivity index (χ2v) is 6.31. The summed E-state index contributed by atoms with van der Waals surface area (Å²) in [5.41, 5.74) is -0.356. The molecule has 1 N–H and O–H groups in total. The molecule has 17 heavy (non-hydrogen) atoms. The lowest BCUT2D eigenvalue weighted by atomic mass is 9.94. The van der Waals surface area contributed by atoms with Gasteiger partial charge in [-0.3, -0.25) is 9.59 Å². The van der Waals surface area contributed by atoms with Gasteiger partial charge < -0.3 is 10.2 Å². The number of hydrogen-bond acceptors (Lipinski definition) is 2. The zero-order chi connectivity index (χ0) is 12.8. The zero-order valence-electron chi connectivity index (χ0n) is 11.2. The van der Waals surface area contributed by atoms with Crippen molar-refractivity contribution in [2.75, 3.05) is 13.1 Å². The maximum absolute atomic E-state index is 12.3. The highest BCUT2D eigenvalue weighted by atomic mass is 16.2. The summed E-state index contributed by atoms with van der Waals surface area (Å²) >= 11 is 0. The summed E-state index contributed by atoms with van der Waals surface area (Å²) in [5.74, 6) is 0.591. The average Bonchev–Trinajstić information content (AvgIpc) is 2.82. The van der Waals surface area contributed by atoms with Crippen LogP contribution in [-0.2, 0) is 9.59 Å². The molecule has 0 aromatic rings. The van der Waals surface area contributed by atoms with E-state index in [4.69, 9.17) is 0 Å². The fourth-order valence-corrected chi connectivity index (χ4v) is 2.54. The first kappa shape index (κ1) is 12.4. The van der Waals surface area contributed by atoms with Gasteiger partial charge in [0.25, 0.3) is 0 Å². The van der Waals surface area contributed by atoms with Gasteiger partial charge in [-0.1, -0.05) is 20.8 Å². The minimum atomic E-state index is -0.700. The third-order valence-corrected chi connectivity index (χ3v) is 4.37. The quantitative estimate of drug-likeness (QED) is 0.802. The molecule has 96 valence electrons. The first-order valence-corrected chi connectivity index (χ1v) is 6.39. The van der Waals surface area contributed by atoms with E-state index in [1.165, 1.54) is 0 Å². The summed E-state index contributed by atoms with van der Waals surface area (Å²) in [4.78, 5) is 25.7. The average molecular weight is 238 g/mol. The number of amides is 2. The molecular weight excluding hydrogens is 216 g/mol. The molecule has 2 rings (SSSR count). The van der Waals surface area contributed by atoms with E-state index < -0.39 is 5.54 Å². The lowest BCUT2D eigenvalue weighted by Crippen LogP contribution is -2.65. The first-order chi connectivity index (χ1) is 7.78. The molecule has 1 aliphatic carbocycles. The van der Waals surface area contributed by atoms with Crippen molar-refractivity contribution < 1.29 is 9.59 Å². The highest BCUT2D eigenvalue weighted by molar-refractivity contribution is 5.97. The molecule has 2 aliphatic rings. The molecule has 0 radical (unpaired) electrons. The summed E-state index contributed by atoms with van der Waals surface area (Å²) < 4.78 is 0. The standard InChI is InChI=1S/C13H22N2O2/c1-5-13(4)11(17)15(8-10(16)14-13)7-9-6-12(9,2)3/h9H,5-8H2,1-4H3,(H,14,16). The summed E-state index contributed by atoms with van der Waals surface area (Å²) in [6.45, 7) is 9.13. The van der Waals surface area contributed by atoms with Crippen molar-refractivity contribution in [3.63, 3.8) is 0 Å². The molecule has 1 saturated heterocycles. The van der Waals surface area contributed by atoms with Gasteiger partial charge in [0.1, 0.15) is 5.54 Å². The maximum Gasteiger partial charge on any atom is 0.248 e. The molecule has 0 aromatic carbocycles. The number of hydrogen-bond donors (Lipinski definition) is 1. The highest BCUT2D eigenvalue weighted by Gasteiger charge is 2.49. The van der Waals surface area contributed by atoms with E-state index in [9.17, 15) is 9.59 Å². The lowest BCUT2D eigenvalue weighted by molar-refractivity contribution is -0.149. The molecule has 0 spiro atoms. The molecule has 1 saturated carbocycles. The summed E-state index contributed by atoms with van der Waals surface area (Å²) in [5, 5.41) is 2.81. The third kappa shape index (κ3) is 2.17. The van der Waals surface area contributed by atoms with Crippen LogP contribution in [0, 0.1) is 11.3 Å². The molecule has 1 heterocycles. The van der Waals surface area contributed by atoms with Gasteiger partial charge in [-0.25, -0.2) is 0 Å². The van der Waals surface area contributed by atoms with Crippen molar-refractivity contribution in [2.45, 2.75) is 46.1 Å². The van der Waals surface area contributed by atoms with Crippen LogP contribution < -0.4 is 5.32 Å². The second-order valence-electron chi connectivity index (χ2n) is 6.31. The molecule has 2 atom stereocenters. The Hall–Kier alpha value is -1.06. The van der Waals surface area contributed by atoms with Crippen molar-refractivity contribution in [1.82, 2.24) is 10.2 Å². The molecule has 4 nitrogen and oxygen atoms in total. The number of nitrogens with zero attached hydrogens (tertiary/aromatic N) is 1. The molecule has 1 aliphatic heterocycles. The van der Waals surface area contributed by atoms with Gasteiger partial charge in [-0.2, -0.15) is 0 Å². The summed E-state index contributed by atoms with van der Waals surface area (Å²) in [6, 6.07) is 0. The van der Waals surface area contributed by atoms with Gasteiger partial charge in [-0.15, -0.1) is 0 Å². The molecule has 2 fully saturated rings. The lowest BCUT2D eigenvalue weighted by Gasteiger charge is -2.39. The van der Waals surface area contributed by atoms with Crippen LogP contribution in [0.4, 0.5) is 0 Å². The Bertz CT molecular complexity index is 364. The Morgan fingerprint density at radius 3 is 2.41 bits per heavy atom. The zero-order valence-corrected chi connectivity index (χ0v) is 11.2. The van der Waals surface area contributed by atoms with Crippen LogP contribution in [0.1, 0.15) is 40.5 Å². The van der Waals surface area contributed by atoms with E-state index in [-0.39, 0.29) is 18.4 Å². The van der Waals surface area contributed by atoms with Crippen LogP contribution in [0.25, 0.3) is 0 Å². The predicted molar refractivity (Wildman–Crippen MR) is 65.3 cm³/mol. The molecule has 4 heteroatoms. The van der Waals surface area contributed by atoms with E-state index in [1.807, 2.05) is 13.8 Å². The van der Waals surface area contributed by atoms with Crippen LogP contribution in [-0.4, -0.2) is 35.3 Å². The largest absolute Gasteiger partial charge is 0.340 e. The molecule has 2 unspecified atom stereocenters. The Labute approximate surface area is 103 Å². The van der Waals surface area contributed by atoms with Crippen LogP contribution in [0.5, 0.6) is 0 Å². The Kier molecular flexibility index (Phi) is 2.71. The summed E-state index contributed by atoms with van der Waals surface area (Å²) in [7, 11) is 0. The second kappa shape index (κ2) is 3.72. The monoisotopic (exact) mass is 238 g/mol. The Morgan fingerprint density at radius 1 is 1.35 bits per heavy atom. The topological polar surface area (TPSA) is 49.4 Å². The van der Waals surface area contributed by atoms with Gasteiger partial charge in [0.15, 0.2) is 0 Å². The molecule has 0 bridgehead atoms. The van der Waals surface area contributed by atoms with Crippen molar-refractivity contribution in [3.8, 4) is 0 Å². The highest BCUT2D eigenvalue weighted by Crippen LogP contribution is 2.52. The smallest absolute Gasteiger partial charge is 0.248 e. The maximum atomic E-state index is 12.3. The van der Waals surface area contributed by atoms with Crippen LogP contribution in [0.3, 0.4) is 0 Å². The number of carbonyl (C=O) groups excluding carboxylic acids is 2. The number of rotatable bonds is 3. The van der Waals surface area contributed by atoms with E-state index in [2.05, 4.69) is 19.2 Å². The fraction of sp³-hybridized carbons (Fsp3) is 0.846. The van der Waals surface area contributed by atoms with E-state index in [0.29, 0.717) is 17.8 Å². The Morgan fingerprint density at radius 2 is 1.94 bits per heavy atom. The molecule has 0 aromatic heterocycles. The summed E-state index contributed by atoms with van der Waals surface area (Å²) in [6.07, 6.45) is 1.80. The van der Waals surface area contributed by atoms with Gasteiger partial charge in [0, 0.05) is 6.54 Å². The van der Waals surface area contributed by atoms with E-state index >= 15 is 0 Å². The van der Waals surface area contributed by atoms with Gasteiger partial charge in [-0.05, 0) is 31.1 Å². The number of carbonyl (C=O) groups is 2. The van der Waals surface area contributed by atoms with E-state index in [1.54, 1.807) is 4.90 Å². The predicted octanol–water partition coefficient (Wildman–Crippen LogP) is 1.16. The molecule has 2 amide bonds. The van der Waals surface area contributed by atoms with Crippen LogP contribution in [0.15, 0.2) is 0 Å². The fourth-order valence-electron chi connectivity index (χ4n) is 2.54. The van der Waals surface area contributed by atoms with Gasteiger partial charge >= 0.3 is 0 Å². The van der Waals surface area contributed by atoms with Crippen LogP contribution >= 0.6 is 0 Å². The SMILES string of the molecule is CCC1(C)NC(=O)CN(CC2CC2(C)C)C1=O. The van der Waals surface area contributed by atoms with Crippen molar-refractivity contribution in [1.29, 1.82) is 0 Å². The Balaban J connectivity index is 2.07. The number of piperazine rings is 1. The van der Waals surface area contributed by atoms with Crippen molar-refractivity contribution in [3.05, 3.63) is 0 Å².